The third kappa shape index (κ3) is 3.84. The molecule has 0 atom stereocenters. The largest absolute Gasteiger partial charge is 0.494 e. The Morgan fingerprint density at radius 1 is 1.08 bits per heavy atom. The zero-order valence-electron chi connectivity index (χ0n) is 21.3. The third-order valence-electron chi connectivity index (χ3n) is 7.84. The van der Waals surface area contributed by atoms with Crippen molar-refractivity contribution in [1.82, 2.24) is 19.1 Å². The smallest absolute Gasteiger partial charge is 0.338 e. The van der Waals surface area contributed by atoms with Crippen LogP contribution in [0, 0.1) is 11.8 Å². The number of carbonyl (C=O) groups is 1. The predicted octanol–water partition coefficient (Wildman–Crippen LogP) is 5.07. The summed E-state index contributed by atoms with van der Waals surface area (Å²) in [4.78, 5) is 22.2. The van der Waals surface area contributed by atoms with E-state index in [9.17, 15) is 4.79 Å². The van der Waals surface area contributed by atoms with Crippen LogP contribution >= 0.6 is 0 Å². The van der Waals surface area contributed by atoms with Gasteiger partial charge in [-0.05, 0) is 74.8 Å². The number of aromatic nitrogens is 4. The Labute approximate surface area is 210 Å². The van der Waals surface area contributed by atoms with Gasteiger partial charge in [-0.15, -0.1) is 0 Å². The summed E-state index contributed by atoms with van der Waals surface area (Å²) in [5, 5.41) is 1.10. The molecule has 0 amide bonds. The lowest BCUT2D eigenvalue weighted by atomic mass is 9.72. The fourth-order valence-corrected chi connectivity index (χ4v) is 5.73. The van der Waals surface area contributed by atoms with Gasteiger partial charge in [-0.2, -0.15) is 0 Å². The number of pyridine rings is 1. The highest BCUT2D eigenvalue weighted by Crippen LogP contribution is 2.44. The molecule has 4 aromatic rings. The fraction of sp³-hybridized carbons (Fsp3) is 0.464. The number of imidazole rings is 1. The Bertz CT molecular complexity index is 1460. The second-order valence-electron chi connectivity index (χ2n) is 10.5. The molecule has 2 fully saturated rings. The number of fused-ring (bicyclic) bond motifs is 2. The summed E-state index contributed by atoms with van der Waals surface area (Å²) >= 11 is 0. The van der Waals surface area contributed by atoms with Crippen molar-refractivity contribution >= 4 is 28.0 Å². The maximum absolute atomic E-state index is 12.4. The molecule has 36 heavy (non-hydrogen) atoms. The van der Waals surface area contributed by atoms with Crippen molar-refractivity contribution in [3.8, 4) is 17.3 Å². The summed E-state index contributed by atoms with van der Waals surface area (Å²) in [7, 11) is 4.80. The minimum Gasteiger partial charge on any atom is -0.494 e. The van der Waals surface area contributed by atoms with E-state index < -0.39 is 5.97 Å². The first-order chi connectivity index (χ1) is 17.4. The Morgan fingerprint density at radius 2 is 1.86 bits per heavy atom. The topological polar surface area (TPSA) is 80.4 Å². The van der Waals surface area contributed by atoms with Gasteiger partial charge >= 0.3 is 5.97 Å². The van der Waals surface area contributed by atoms with Crippen LogP contribution in [0.4, 0.5) is 0 Å². The van der Waals surface area contributed by atoms with Crippen LogP contribution in [0.3, 0.4) is 0 Å². The number of methoxy groups -OCH3 is 3. The first kappa shape index (κ1) is 23.0. The van der Waals surface area contributed by atoms with E-state index in [-0.39, 0.29) is 5.60 Å². The van der Waals surface area contributed by atoms with Crippen LogP contribution in [0.25, 0.3) is 33.6 Å². The van der Waals surface area contributed by atoms with Crippen LogP contribution in [-0.4, -0.2) is 52.0 Å². The lowest BCUT2D eigenvalue weighted by Gasteiger charge is -2.44. The summed E-state index contributed by atoms with van der Waals surface area (Å²) in [5.74, 6) is 2.20. The molecule has 0 radical (unpaired) electrons. The van der Waals surface area contributed by atoms with Crippen molar-refractivity contribution < 1.29 is 19.0 Å². The molecule has 0 bridgehead atoms. The number of esters is 1. The predicted molar refractivity (Wildman–Crippen MR) is 137 cm³/mol. The average Bonchev–Trinajstić information content (AvgIpc) is 3.53. The van der Waals surface area contributed by atoms with Gasteiger partial charge in [0.15, 0.2) is 5.82 Å². The van der Waals surface area contributed by atoms with E-state index in [2.05, 4.69) is 28.2 Å². The maximum atomic E-state index is 12.4. The minimum atomic E-state index is -0.409. The Morgan fingerprint density at radius 3 is 2.56 bits per heavy atom. The summed E-state index contributed by atoms with van der Waals surface area (Å²) in [5.41, 5.74) is 3.98. The van der Waals surface area contributed by atoms with Crippen molar-refractivity contribution in [3.05, 3.63) is 42.1 Å². The molecule has 0 unspecified atom stereocenters. The summed E-state index contributed by atoms with van der Waals surface area (Å²) in [6.45, 7) is 3.88. The summed E-state index contributed by atoms with van der Waals surface area (Å²) in [6, 6.07) is 9.82. The molecular formula is C28H32N4O4. The highest BCUT2D eigenvalue weighted by Gasteiger charge is 2.41. The van der Waals surface area contributed by atoms with E-state index in [1.807, 2.05) is 12.3 Å². The molecule has 2 aliphatic carbocycles. The number of rotatable bonds is 8. The lowest BCUT2D eigenvalue weighted by Crippen LogP contribution is -2.44. The molecule has 3 heterocycles. The van der Waals surface area contributed by atoms with Gasteiger partial charge < -0.3 is 23.3 Å². The molecule has 2 aliphatic rings. The van der Waals surface area contributed by atoms with Gasteiger partial charge in [0.25, 0.3) is 0 Å². The zero-order chi connectivity index (χ0) is 25.0. The molecule has 0 N–H and O–H groups in total. The number of benzene rings is 1. The average molecular weight is 489 g/mol. The van der Waals surface area contributed by atoms with E-state index in [0.29, 0.717) is 23.1 Å². The van der Waals surface area contributed by atoms with Crippen molar-refractivity contribution in [2.24, 2.45) is 11.8 Å². The van der Waals surface area contributed by atoms with Crippen molar-refractivity contribution in [2.75, 3.05) is 21.3 Å². The van der Waals surface area contributed by atoms with Crippen molar-refractivity contribution in [3.63, 3.8) is 0 Å². The monoisotopic (exact) mass is 488 g/mol. The molecule has 8 heteroatoms. The third-order valence-corrected chi connectivity index (χ3v) is 7.84. The normalized spacial score (nSPS) is 21.6. The molecule has 0 spiro atoms. The molecule has 3 aromatic heterocycles. The molecule has 1 aromatic carbocycles. The van der Waals surface area contributed by atoms with E-state index in [4.69, 9.17) is 24.2 Å². The molecular weight excluding hydrogens is 456 g/mol. The second-order valence-corrected chi connectivity index (χ2v) is 10.5. The fourth-order valence-electron chi connectivity index (χ4n) is 5.73. The number of hydrogen-bond acceptors (Lipinski definition) is 6. The number of hydrogen-bond donors (Lipinski definition) is 0. The molecule has 8 nitrogen and oxygen atoms in total. The van der Waals surface area contributed by atoms with E-state index >= 15 is 0 Å². The van der Waals surface area contributed by atoms with Crippen LogP contribution in [0.2, 0.25) is 0 Å². The van der Waals surface area contributed by atoms with Gasteiger partial charge in [0.2, 0.25) is 0 Å². The summed E-state index contributed by atoms with van der Waals surface area (Å²) < 4.78 is 21.1. The van der Waals surface area contributed by atoms with Gasteiger partial charge in [-0.25, -0.2) is 14.8 Å². The van der Waals surface area contributed by atoms with Gasteiger partial charge in [0, 0.05) is 31.8 Å². The van der Waals surface area contributed by atoms with E-state index in [0.717, 1.165) is 59.5 Å². The van der Waals surface area contributed by atoms with Crippen molar-refractivity contribution in [1.29, 1.82) is 0 Å². The Hall–Kier alpha value is -3.39. The van der Waals surface area contributed by atoms with E-state index in [1.165, 1.54) is 20.0 Å². The molecule has 2 saturated carbocycles. The maximum Gasteiger partial charge on any atom is 0.338 e. The Balaban J connectivity index is 1.55. The molecule has 188 valence electrons. The Kier molecular flexibility index (Phi) is 5.52. The standard InChI is InChI=1S/C28H32N4O4/c1-28(36-4)13-18(14-28)16-32-24-21(10-20(27(33)35-3)12-23(24)34-2)30-26(32)22-11-19-6-5-9-29-25(19)31(22)15-17-7-8-17/h5-6,9-12,17-18H,7-8,13-16H2,1-4H3/t18-,28+. The zero-order valence-corrected chi connectivity index (χ0v) is 21.3. The number of nitrogens with zero attached hydrogens (tertiary/aromatic N) is 4. The molecule has 0 aliphatic heterocycles. The minimum absolute atomic E-state index is 0.0753. The lowest BCUT2D eigenvalue weighted by molar-refractivity contribution is -0.0937. The van der Waals surface area contributed by atoms with Crippen LogP contribution in [0.15, 0.2) is 36.5 Å². The van der Waals surface area contributed by atoms with Gasteiger partial charge in [-0.3, -0.25) is 0 Å². The van der Waals surface area contributed by atoms with Crippen LogP contribution in [0.5, 0.6) is 5.75 Å². The molecule has 0 saturated heterocycles. The van der Waals surface area contributed by atoms with Crippen LogP contribution in [-0.2, 0) is 22.6 Å². The second kappa shape index (κ2) is 8.62. The van der Waals surface area contributed by atoms with Crippen LogP contribution in [0.1, 0.15) is 43.0 Å². The van der Waals surface area contributed by atoms with Gasteiger partial charge in [0.05, 0.1) is 36.6 Å². The number of ether oxygens (including phenoxy) is 3. The SMILES string of the molecule is COC(=O)c1cc(OC)c2c(c1)nc(-c1cc3cccnc3n1CC1CC1)n2C[C@H]1C[C@@](C)(OC)C1. The van der Waals surface area contributed by atoms with Crippen LogP contribution < -0.4 is 4.74 Å². The first-order valence-corrected chi connectivity index (χ1v) is 12.6. The van der Waals surface area contributed by atoms with Crippen molar-refractivity contribution in [2.45, 2.75) is 51.3 Å². The van der Waals surface area contributed by atoms with E-state index in [1.54, 1.807) is 26.4 Å². The molecule has 6 rings (SSSR count). The summed E-state index contributed by atoms with van der Waals surface area (Å²) in [6.07, 6.45) is 6.31. The highest BCUT2D eigenvalue weighted by atomic mass is 16.5. The van der Waals surface area contributed by atoms with Gasteiger partial charge in [-0.1, -0.05) is 0 Å². The van der Waals surface area contributed by atoms with Gasteiger partial charge in [0.1, 0.15) is 16.9 Å². The quantitative estimate of drug-likeness (QED) is 0.322. The highest BCUT2D eigenvalue weighted by molar-refractivity contribution is 5.97. The number of carbonyl (C=O) groups excluding carboxylic acids is 1. The first-order valence-electron chi connectivity index (χ1n) is 12.6.